The third-order valence-corrected chi connectivity index (χ3v) is 5.27. The Kier molecular flexibility index (Phi) is 19.0. The van der Waals surface area contributed by atoms with Crippen LogP contribution in [0.25, 0.3) is 10.6 Å². The molecule has 2 heterocycles. The SMILES string of the molecule is C1CC[N-]CC1.C1CC[N-]CC1.O=[N+]([O-])C1CCCCC1[O-].O=[N+]([O-])c1ccccc1[O-].[Mg+2]. The van der Waals surface area contributed by atoms with Crippen molar-refractivity contribution in [3.63, 3.8) is 0 Å². The van der Waals surface area contributed by atoms with Gasteiger partial charge in [-0.15, -0.1) is 26.2 Å². The number of nitrogens with zero attached hydrogens (tertiary/aromatic N) is 4. The van der Waals surface area contributed by atoms with Crippen molar-refractivity contribution in [3.8, 4) is 5.75 Å². The molecule has 2 aliphatic heterocycles. The van der Waals surface area contributed by atoms with Crippen LogP contribution in [0.3, 0.4) is 0 Å². The van der Waals surface area contributed by atoms with Crippen LogP contribution in [0, 0.1) is 20.2 Å². The van der Waals surface area contributed by atoms with Crippen LogP contribution in [-0.4, -0.2) is 71.2 Å². The number of piperidine rings is 2. The van der Waals surface area contributed by atoms with Gasteiger partial charge in [-0.3, -0.25) is 20.2 Å². The molecule has 4 rings (SSSR count). The molecule has 1 aromatic carbocycles. The van der Waals surface area contributed by atoms with Crippen molar-refractivity contribution >= 4 is 28.7 Å². The zero-order valence-corrected chi connectivity index (χ0v) is 20.7. The second-order valence-electron chi connectivity index (χ2n) is 7.86. The van der Waals surface area contributed by atoms with Crippen molar-refractivity contribution in [2.45, 2.75) is 76.4 Å². The molecule has 0 N–H and O–H groups in total. The maximum absolute atomic E-state index is 10.9. The number of hydrogen-bond donors (Lipinski definition) is 0. The quantitative estimate of drug-likeness (QED) is 0.363. The van der Waals surface area contributed by atoms with Gasteiger partial charge in [-0.05, 0) is 12.2 Å². The number of hydrogen-bond acceptors (Lipinski definition) is 6. The summed E-state index contributed by atoms with van der Waals surface area (Å²) in [6.07, 6.45) is 9.84. The molecule has 3 aliphatic rings. The first-order valence-corrected chi connectivity index (χ1v) is 11.4. The molecule has 11 heteroatoms. The molecule has 182 valence electrons. The van der Waals surface area contributed by atoms with E-state index >= 15 is 0 Å². The summed E-state index contributed by atoms with van der Waals surface area (Å²) in [7, 11) is 0. The molecule has 0 radical (unpaired) electrons. The second-order valence-corrected chi connectivity index (χ2v) is 7.86. The van der Waals surface area contributed by atoms with Crippen LogP contribution in [0.4, 0.5) is 5.69 Å². The second kappa shape index (κ2) is 19.9. The first-order chi connectivity index (χ1) is 15.4. The van der Waals surface area contributed by atoms with Crippen molar-refractivity contribution in [2.24, 2.45) is 0 Å². The van der Waals surface area contributed by atoms with Gasteiger partial charge in [-0.2, -0.15) is 0 Å². The third kappa shape index (κ3) is 15.1. The number of rotatable bonds is 2. The summed E-state index contributed by atoms with van der Waals surface area (Å²) in [5, 5.41) is 50.0. The Morgan fingerprint density at radius 1 is 0.758 bits per heavy atom. The summed E-state index contributed by atoms with van der Waals surface area (Å²) in [4.78, 5) is 19.1. The maximum Gasteiger partial charge on any atom is 2.00 e. The predicted octanol–water partition coefficient (Wildman–Crippen LogP) is 3.31. The first-order valence-electron chi connectivity index (χ1n) is 11.4. The number of nitro groups is 2. The molecule has 1 aromatic rings. The van der Waals surface area contributed by atoms with E-state index < -0.39 is 27.7 Å². The first kappa shape index (κ1) is 31.5. The minimum Gasteiger partial charge on any atom is -0.868 e. The van der Waals surface area contributed by atoms with E-state index in [1.807, 2.05) is 0 Å². The Hall–Kier alpha value is -1.53. The maximum atomic E-state index is 10.9. The van der Waals surface area contributed by atoms with Crippen molar-refractivity contribution in [3.05, 3.63) is 55.1 Å². The molecule has 10 nitrogen and oxygen atoms in total. The standard InChI is InChI=1S/C6H10NO3.C6H5NO3.2C5H10N.Mg/c2*8-6-4-2-1-3-5(6)7(9)10;2*1-2-4-6-5-3-1;/h5-6H,1-4H2;1-4,8H;2*1-5H2;/q-1;;2*-1;+2/p-1. The zero-order chi connectivity index (χ0) is 23.6. The summed E-state index contributed by atoms with van der Waals surface area (Å²) >= 11 is 0. The molecular weight excluding hydrogens is 441 g/mol. The monoisotopic (exact) mass is 474 g/mol. The predicted molar refractivity (Wildman–Crippen MR) is 125 cm³/mol. The van der Waals surface area contributed by atoms with E-state index in [1.165, 1.54) is 56.7 Å². The van der Waals surface area contributed by atoms with E-state index in [1.54, 1.807) is 0 Å². The minimum absolute atomic E-state index is 0. The van der Waals surface area contributed by atoms with Gasteiger partial charge in [0, 0.05) is 17.4 Å². The van der Waals surface area contributed by atoms with Crippen molar-refractivity contribution in [2.75, 3.05) is 26.2 Å². The van der Waals surface area contributed by atoms with Crippen molar-refractivity contribution in [1.82, 2.24) is 0 Å². The van der Waals surface area contributed by atoms with Gasteiger partial charge in [0.1, 0.15) is 0 Å². The van der Waals surface area contributed by atoms with Crippen molar-refractivity contribution < 1.29 is 20.1 Å². The van der Waals surface area contributed by atoms with Crippen LogP contribution in [0.1, 0.15) is 64.2 Å². The molecule has 2 atom stereocenters. The Labute approximate surface area is 212 Å². The summed E-state index contributed by atoms with van der Waals surface area (Å²) in [5.41, 5.74) is -0.373. The van der Waals surface area contributed by atoms with Crippen LogP contribution in [0.15, 0.2) is 24.3 Å². The van der Waals surface area contributed by atoms with E-state index in [0.717, 1.165) is 45.1 Å². The number of nitro benzene ring substituents is 1. The van der Waals surface area contributed by atoms with Gasteiger partial charge in [0.05, 0.1) is 4.92 Å². The average molecular weight is 475 g/mol. The smallest absolute Gasteiger partial charge is 0.868 e. The van der Waals surface area contributed by atoms with Crippen LogP contribution < -0.4 is 10.2 Å². The summed E-state index contributed by atoms with van der Waals surface area (Å²) < 4.78 is 0. The Bertz CT molecular complexity index is 625. The summed E-state index contributed by atoms with van der Waals surface area (Å²) in [6, 6.07) is 4.46. The van der Waals surface area contributed by atoms with Gasteiger partial charge < -0.3 is 20.8 Å². The molecule has 0 spiro atoms. The van der Waals surface area contributed by atoms with Gasteiger partial charge in [-0.25, -0.2) is 0 Å². The van der Waals surface area contributed by atoms with Gasteiger partial charge >= 0.3 is 23.1 Å². The molecule has 0 bridgehead atoms. The van der Waals surface area contributed by atoms with Gasteiger partial charge in [0.15, 0.2) is 0 Å². The minimum atomic E-state index is -0.955. The molecule has 2 unspecified atom stereocenters. The fourth-order valence-corrected chi connectivity index (χ4v) is 3.40. The van der Waals surface area contributed by atoms with Crippen LogP contribution >= 0.6 is 0 Å². The van der Waals surface area contributed by atoms with E-state index in [0.29, 0.717) is 12.8 Å². The van der Waals surface area contributed by atoms with Crippen molar-refractivity contribution in [1.29, 1.82) is 0 Å². The van der Waals surface area contributed by atoms with E-state index in [2.05, 4.69) is 10.6 Å². The topological polar surface area (TPSA) is 161 Å². The Balaban J connectivity index is 0.000000420. The Morgan fingerprint density at radius 3 is 1.52 bits per heavy atom. The Morgan fingerprint density at radius 2 is 1.24 bits per heavy atom. The van der Waals surface area contributed by atoms with Gasteiger partial charge in [0.25, 0.3) is 5.69 Å². The molecule has 0 aromatic heterocycles. The molecule has 1 saturated carbocycles. The van der Waals surface area contributed by atoms with Crippen LogP contribution in [0.5, 0.6) is 5.75 Å². The molecule has 0 amide bonds. The molecular formula is C22H34MgN4O6-2. The fourth-order valence-electron chi connectivity index (χ4n) is 3.40. The summed E-state index contributed by atoms with van der Waals surface area (Å²) in [5.74, 6) is -0.549. The zero-order valence-electron chi connectivity index (χ0n) is 19.3. The molecule has 3 fully saturated rings. The molecule has 2 saturated heterocycles. The summed E-state index contributed by atoms with van der Waals surface area (Å²) in [6.45, 7) is 4.50. The number of benzene rings is 1. The molecule has 1 aliphatic carbocycles. The van der Waals surface area contributed by atoms with Gasteiger partial charge in [-0.1, -0.05) is 75.7 Å². The van der Waals surface area contributed by atoms with E-state index in [-0.39, 0.29) is 28.7 Å². The fraction of sp³-hybridized carbons (Fsp3) is 0.727. The normalized spacial score (nSPS) is 21.7. The third-order valence-electron chi connectivity index (χ3n) is 5.27. The van der Waals surface area contributed by atoms with Gasteiger partial charge in [0.2, 0.25) is 6.04 Å². The van der Waals surface area contributed by atoms with E-state index in [4.69, 9.17) is 0 Å². The van der Waals surface area contributed by atoms with Crippen LogP contribution in [0.2, 0.25) is 0 Å². The van der Waals surface area contributed by atoms with E-state index in [9.17, 15) is 30.4 Å². The molecule has 33 heavy (non-hydrogen) atoms. The largest absolute Gasteiger partial charge is 2.00 e. The van der Waals surface area contributed by atoms with Crippen LogP contribution in [-0.2, 0) is 0 Å². The average Bonchev–Trinajstić information content (AvgIpc) is 2.83. The number of para-hydroxylation sites is 2.